The van der Waals surface area contributed by atoms with Crippen molar-refractivity contribution in [3.05, 3.63) is 0 Å². The van der Waals surface area contributed by atoms with Crippen molar-refractivity contribution in [2.75, 3.05) is 6.61 Å². The Bertz CT molecular complexity index is 616. The summed E-state index contributed by atoms with van der Waals surface area (Å²) >= 11 is 0. The molecular formula is C37H72O4. The minimum atomic E-state index is -0.910. The molecule has 3 atom stereocenters. The van der Waals surface area contributed by atoms with E-state index in [0.717, 1.165) is 51.4 Å². The molecule has 0 radical (unpaired) electrons. The fourth-order valence-electron chi connectivity index (χ4n) is 6.33. The molecule has 0 saturated carbocycles. The van der Waals surface area contributed by atoms with Crippen molar-refractivity contribution in [2.45, 2.75) is 202 Å². The van der Waals surface area contributed by atoms with Gasteiger partial charge in [-0.25, -0.2) is 0 Å². The van der Waals surface area contributed by atoms with Crippen molar-refractivity contribution in [3.63, 3.8) is 0 Å². The lowest BCUT2D eigenvalue weighted by Crippen LogP contribution is -2.45. The van der Waals surface area contributed by atoms with E-state index in [1.165, 1.54) is 70.6 Å². The molecule has 0 aliphatic carbocycles. The first kappa shape index (κ1) is 40.1. The number of aliphatic hydroxyl groups excluding tert-OH is 1. The molecule has 0 aromatic rings. The van der Waals surface area contributed by atoms with Gasteiger partial charge in [-0.1, -0.05) is 157 Å². The second-order valence-electron chi connectivity index (χ2n) is 13.7. The topological polar surface area (TPSA) is 63.6 Å². The molecule has 0 aliphatic rings. The van der Waals surface area contributed by atoms with Crippen molar-refractivity contribution in [1.82, 2.24) is 0 Å². The van der Waals surface area contributed by atoms with E-state index in [1.807, 2.05) is 0 Å². The highest BCUT2D eigenvalue weighted by Gasteiger charge is 2.46. The quantitative estimate of drug-likeness (QED) is 0.0678. The Morgan fingerprint density at radius 2 is 1.10 bits per heavy atom. The number of ketones is 1. The molecule has 0 spiro atoms. The highest BCUT2D eigenvalue weighted by Crippen LogP contribution is 2.41. The predicted molar refractivity (Wildman–Crippen MR) is 176 cm³/mol. The molecule has 0 heterocycles. The van der Waals surface area contributed by atoms with Crippen LogP contribution in [0.15, 0.2) is 0 Å². The number of carbonyl (C=O) groups is 2. The number of hydrogen-bond donors (Lipinski definition) is 1. The molecular weight excluding hydrogens is 508 g/mol. The number of aliphatic hydroxyl groups is 1. The first-order chi connectivity index (χ1) is 19.7. The first-order valence-corrected chi connectivity index (χ1v) is 18.1. The Kier molecular flexibility index (Phi) is 26.1. The van der Waals surface area contributed by atoms with Crippen LogP contribution in [-0.4, -0.2) is 29.6 Å². The second kappa shape index (κ2) is 26.7. The molecule has 0 aliphatic heterocycles. The summed E-state index contributed by atoms with van der Waals surface area (Å²) in [5.41, 5.74) is -0.910. The van der Waals surface area contributed by atoms with Crippen LogP contribution >= 0.6 is 0 Å². The Morgan fingerprint density at radius 3 is 1.61 bits per heavy atom. The van der Waals surface area contributed by atoms with Gasteiger partial charge in [0.25, 0.3) is 0 Å². The Balaban J connectivity index is 5.46. The van der Waals surface area contributed by atoms with Crippen LogP contribution in [0.5, 0.6) is 0 Å². The van der Waals surface area contributed by atoms with Crippen molar-refractivity contribution in [2.24, 2.45) is 17.3 Å². The lowest BCUT2D eigenvalue weighted by Gasteiger charge is -2.38. The molecule has 0 saturated heterocycles. The van der Waals surface area contributed by atoms with Crippen LogP contribution in [0.4, 0.5) is 0 Å². The number of rotatable bonds is 30. The number of ether oxygens (including phenoxy) is 1. The third-order valence-corrected chi connectivity index (χ3v) is 8.76. The highest BCUT2D eigenvalue weighted by molar-refractivity contribution is 5.80. The van der Waals surface area contributed by atoms with Crippen LogP contribution in [0, 0.1) is 17.3 Å². The maximum atomic E-state index is 13.9. The van der Waals surface area contributed by atoms with Gasteiger partial charge in [-0.2, -0.15) is 0 Å². The van der Waals surface area contributed by atoms with E-state index in [4.69, 9.17) is 4.74 Å². The summed E-state index contributed by atoms with van der Waals surface area (Å²) in [7, 11) is 0. The van der Waals surface area contributed by atoms with Crippen LogP contribution < -0.4 is 0 Å². The summed E-state index contributed by atoms with van der Waals surface area (Å²) in [6.07, 6.45) is 24.5. The molecule has 41 heavy (non-hydrogen) atoms. The van der Waals surface area contributed by atoms with Gasteiger partial charge in [0, 0.05) is 12.8 Å². The maximum absolute atomic E-state index is 13.9. The van der Waals surface area contributed by atoms with Gasteiger partial charge >= 0.3 is 5.97 Å². The monoisotopic (exact) mass is 581 g/mol. The molecule has 0 rings (SSSR count). The van der Waals surface area contributed by atoms with E-state index in [-0.39, 0.29) is 17.7 Å². The van der Waals surface area contributed by atoms with Crippen molar-refractivity contribution >= 4 is 11.8 Å². The smallest absolute Gasteiger partial charge is 0.314 e. The molecule has 0 amide bonds. The minimum Gasteiger partial charge on any atom is -0.465 e. The van der Waals surface area contributed by atoms with Gasteiger partial charge in [0.1, 0.15) is 5.78 Å². The van der Waals surface area contributed by atoms with Gasteiger partial charge in [-0.3, -0.25) is 9.59 Å². The first-order valence-electron chi connectivity index (χ1n) is 18.1. The molecule has 0 aromatic carbocycles. The zero-order chi connectivity index (χ0) is 30.8. The summed E-state index contributed by atoms with van der Waals surface area (Å²) in [6.45, 7) is 13.3. The maximum Gasteiger partial charge on any atom is 0.314 e. The molecule has 244 valence electrons. The largest absolute Gasteiger partial charge is 0.465 e. The molecule has 0 aromatic heterocycles. The fourth-order valence-corrected chi connectivity index (χ4v) is 6.33. The van der Waals surface area contributed by atoms with E-state index in [0.29, 0.717) is 44.6 Å². The minimum absolute atomic E-state index is 0.0479. The van der Waals surface area contributed by atoms with Gasteiger partial charge in [0.05, 0.1) is 18.1 Å². The number of carbonyl (C=O) groups excluding carboxylic acids is 2. The molecule has 3 unspecified atom stereocenters. The molecule has 4 nitrogen and oxygen atoms in total. The van der Waals surface area contributed by atoms with Crippen LogP contribution in [0.25, 0.3) is 0 Å². The van der Waals surface area contributed by atoms with Gasteiger partial charge in [-0.15, -0.1) is 0 Å². The van der Waals surface area contributed by atoms with E-state index < -0.39 is 11.5 Å². The second-order valence-corrected chi connectivity index (χ2v) is 13.7. The average Bonchev–Trinajstić information content (AvgIpc) is 2.92. The Morgan fingerprint density at radius 1 is 0.634 bits per heavy atom. The summed E-state index contributed by atoms with van der Waals surface area (Å²) < 4.78 is 5.95. The van der Waals surface area contributed by atoms with Crippen LogP contribution in [0.1, 0.15) is 196 Å². The Labute approximate surface area is 256 Å². The third-order valence-electron chi connectivity index (χ3n) is 8.76. The number of unbranched alkanes of at least 4 members (excludes halogenated alkanes) is 16. The highest BCUT2D eigenvalue weighted by atomic mass is 16.5. The third kappa shape index (κ3) is 20.6. The van der Waals surface area contributed by atoms with Gasteiger partial charge in [0.2, 0.25) is 0 Å². The van der Waals surface area contributed by atoms with Gasteiger partial charge in [0.15, 0.2) is 0 Å². The van der Waals surface area contributed by atoms with Crippen LogP contribution in [-0.2, 0) is 14.3 Å². The van der Waals surface area contributed by atoms with Gasteiger partial charge in [-0.05, 0) is 37.5 Å². The Hall–Kier alpha value is -0.900. The number of esters is 1. The van der Waals surface area contributed by atoms with E-state index in [1.54, 1.807) is 0 Å². The molecule has 1 N–H and O–H groups in total. The summed E-state index contributed by atoms with van der Waals surface area (Å²) in [5, 5.41) is 11.7. The summed E-state index contributed by atoms with van der Waals surface area (Å²) in [6, 6.07) is 0. The molecule has 0 fully saturated rings. The molecule has 4 heteroatoms. The molecule has 0 bridgehead atoms. The summed E-state index contributed by atoms with van der Waals surface area (Å²) in [4.78, 5) is 26.6. The number of hydrogen-bond acceptors (Lipinski definition) is 4. The van der Waals surface area contributed by atoms with Crippen LogP contribution in [0.3, 0.4) is 0 Å². The van der Waals surface area contributed by atoms with Crippen molar-refractivity contribution in [3.8, 4) is 0 Å². The van der Waals surface area contributed by atoms with Gasteiger partial charge < -0.3 is 9.84 Å². The summed E-state index contributed by atoms with van der Waals surface area (Å²) in [5.74, 6) is 0.441. The lowest BCUT2D eigenvalue weighted by atomic mass is 9.69. The zero-order valence-corrected chi connectivity index (χ0v) is 28.6. The van der Waals surface area contributed by atoms with E-state index in [2.05, 4.69) is 41.5 Å². The average molecular weight is 581 g/mol. The van der Waals surface area contributed by atoms with E-state index in [9.17, 15) is 14.7 Å². The lowest BCUT2D eigenvalue weighted by molar-refractivity contribution is -0.167. The number of Topliss-reactive ketones (excluding diaryl/α,β-unsaturated/α-hetero) is 1. The standard InChI is InChI=1S/C37H72O4/c1-7-10-13-16-17-18-19-20-22-24-27-37(35(39)26-23-21-14-11-8-2,36(40)41-28-25-15-12-9-3)31-33(6)30-34(38)29-32(4)5/h32-33,35,39H,7-31H2,1-6H3. The SMILES string of the molecule is CCCCCCCCCCCCC(CC(C)CC(=O)CC(C)C)(C(=O)OCCCCCC)C(O)CCCCCCC. The van der Waals surface area contributed by atoms with E-state index >= 15 is 0 Å². The predicted octanol–water partition coefficient (Wildman–Crippen LogP) is 11.2. The van der Waals surface area contributed by atoms with Crippen molar-refractivity contribution < 1.29 is 19.4 Å². The van der Waals surface area contributed by atoms with Crippen molar-refractivity contribution in [1.29, 1.82) is 0 Å². The normalized spacial score (nSPS) is 14.6. The zero-order valence-electron chi connectivity index (χ0n) is 28.6. The van der Waals surface area contributed by atoms with Crippen LogP contribution in [0.2, 0.25) is 0 Å². The fraction of sp³-hybridized carbons (Fsp3) is 0.946.